The molecule has 0 saturated carbocycles. The highest BCUT2D eigenvalue weighted by molar-refractivity contribution is 5.96. The minimum atomic E-state index is -0.0149. The third-order valence-corrected chi connectivity index (χ3v) is 7.58. The van der Waals surface area contributed by atoms with Gasteiger partial charge in [-0.15, -0.1) is 0 Å². The molecule has 0 bridgehead atoms. The van der Waals surface area contributed by atoms with Crippen molar-refractivity contribution < 1.29 is 4.74 Å². The Morgan fingerprint density at radius 1 is 1.00 bits per heavy atom. The fourth-order valence-corrected chi connectivity index (χ4v) is 5.52. The van der Waals surface area contributed by atoms with Crippen molar-refractivity contribution >= 4 is 17.0 Å². The fraction of sp³-hybridized carbons (Fsp3) is 0.316. The van der Waals surface area contributed by atoms with Crippen LogP contribution < -0.4 is 0 Å². The molecular weight excluding hydrogens is 486 g/mol. The smallest absolute Gasteiger partial charge is 0.164 e. The number of hydrogen-bond acceptors (Lipinski definition) is 1. The lowest BCUT2D eigenvalue weighted by Gasteiger charge is -2.21. The van der Waals surface area contributed by atoms with Gasteiger partial charge in [0.25, 0.3) is 0 Å². The maximum absolute atomic E-state index is 6.03. The van der Waals surface area contributed by atoms with E-state index in [1.165, 1.54) is 44.4 Å². The zero-order valence-electron chi connectivity index (χ0n) is 25.8. The molecule has 0 N–H and O–H groups in total. The molecular formula is C38H47NO. The second kappa shape index (κ2) is 14.0. The van der Waals surface area contributed by atoms with Crippen LogP contribution in [-0.2, 0) is 23.3 Å². The molecule has 5 rings (SSSR count). The number of benzene rings is 2. The lowest BCUT2D eigenvalue weighted by atomic mass is 9.82. The van der Waals surface area contributed by atoms with Crippen molar-refractivity contribution in [2.45, 2.75) is 80.4 Å². The van der Waals surface area contributed by atoms with Crippen LogP contribution in [-0.4, -0.2) is 4.57 Å². The number of allylic oxidation sites excluding steroid dienone is 9. The van der Waals surface area contributed by atoms with Crippen LogP contribution in [0.1, 0.15) is 84.2 Å². The summed E-state index contributed by atoms with van der Waals surface area (Å²) in [5, 5.41) is 1.35. The highest BCUT2D eigenvalue weighted by Gasteiger charge is 2.36. The minimum Gasteiger partial charge on any atom is -0.480 e. The van der Waals surface area contributed by atoms with Gasteiger partial charge in [0, 0.05) is 16.5 Å². The maximum Gasteiger partial charge on any atom is 0.164 e. The molecule has 0 aliphatic heterocycles. The topological polar surface area (TPSA) is 14.2 Å². The predicted octanol–water partition coefficient (Wildman–Crippen LogP) is 11.1. The van der Waals surface area contributed by atoms with Gasteiger partial charge >= 0.3 is 0 Å². The van der Waals surface area contributed by atoms with Crippen LogP contribution in [0, 0.1) is 0 Å². The lowest BCUT2D eigenvalue weighted by Crippen LogP contribution is -2.15. The number of aromatic nitrogens is 1. The Morgan fingerprint density at radius 3 is 2.50 bits per heavy atom. The summed E-state index contributed by atoms with van der Waals surface area (Å²) in [5.41, 5.74) is 11.6. The van der Waals surface area contributed by atoms with E-state index >= 15 is 0 Å². The second-order valence-corrected chi connectivity index (χ2v) is 10.2. The molecule has 0 fully saturated rings. The number of nitrogens with zero attached hydrogens (tertiary/aromatic N) is 1. The molecule has 0 unspecified atom stereocenters. The van der Waals surface area contributed by atoms with Gasteiger partial charge in [-0.3, -0.25) is 0 Å². The van der Waals surface area contributed by atoms with E-state index in [0.717, 1.165) is 24.0 Å². The van der Waals surface area contributed by atoms with Crippen LogP contribution in [0.3, 0.4) is 0 Å². The van der Waals surface area contributed by atoms with Gasteiger partial charge < -0.3 is 9.30 Å². The van der Waals surface area contributed by atoms with Crippen molar-refractivity contribution in [3.05, 3.63) is 125 Å². The summed E-state index contributed by atoms with van der Waals surface area (Å²) >= 11 is 0. The fourth-order valence-electron chi connectivity index (χ4n) is 5.52. The van der Waals surface area contributed by atoms with Crippen LogP contribution in [0.15, 0.2) is 103 Å². The summed E-state index contributed by atoms with van der Waals surface area (Å²) in [7, 11) is 0. The number of hydrogen-bond donors (Lipinski definition) is 0. The highest BCUT2D eigenvalue weighted by atomic mass is 16.5. The van der Waals surface area contributed by atoms with Gasteiger partial charge in [0.2, 0.25) is 0 Å². The van der Waals surface area contributed by atoms with Crippen molar-refractivity contribution in [1.82, 2.24) is 4.57 Å². The lowest BCUT2D eigenvalue weighted by molar-refractivity contribution is 0.179. The molecule has 1 heterocycles. The summed E-state index contributed by atoms with van der Waals surface area (Å²) < 4.78 is 8.36. The Morgan fingerprint density at radius 2 is 1.75 bits per heavy atom. The first-order valence-corrected chi connectivity index (χ1v) is 14.8. The molecule has 0 radical (unpaired) electrons. The molecule has 0 saturated heterocycles. The summed E-state index contributed by atoms with van der Waals surface area (Å²) in [4.78, 5) is 0. The van der Waals surface area contributed by atoms with E-state index in [1.807, 2.05) is 65.0 Å². The largest absolute Gasteiger partial charge is 0.480 e. The number of ether oxygens (including phenoxy) is 1. The van der Waals surface area contributed by atoms with E-state index in [-0.39, 0.29) is 5.41 Å². The Kier molecular flexibility index (Phi) is 10.8. The van der Waals surface area contributed by atoms with Crippen molar-refractivity contribution in [1.29, 1.82) is 0 Å². The van der Waals surface area contributed by atoms with Gasteiger partial charge in [0.05, 0.1) is 11.8 Å². The third kappa shape index (κ3) is 6.02. The molecule has 2 nitrogen and oxygen atoms in total. The summed E-state index contributed by atoms with van der Waals surface area (Å²) in [6, 6.07) is 13.7. The first-order chi connectivity index (χ1) is 19.4. The molecule has 1 aromatic heterocycles. The van der Waals surface area contributed by atoms with E-state index in [0.29, 0.717) is 6.73 Å². The van der Waals surface area contributed by atoms with E-state index in [1.54, 1.807) is 6.26 Å². The Labute approximate surface area is 242 Å². The molecule has 210 valence electrons. The standard InChI is InChI=1S/C34H35NO.2C2H6/c1-6-7-14-24(2)25(3)15-12-13-20-36-23-35-32-19-11-9-17-27(32)29-21-28-26-16-8-10-18-30(26)34(4,5)31(28)22-33(29)35;2*1-2/h6-8,10-16,18-22H,3,9,17,23H2,1-2,4-5H3;2*1-2H3/b7-6-,15-12-,20-13-,24-14+;;. The van der Waals surface area contributed by atoms with Gasteiger partial charge in [0.1, 0.15) is 0 Å². The quantitative estimate of drug-likeness (QED) is 0.218. The van der Waals surface area contributed by atoms with Gasteiger partial charge in [-0.05, 0) is 89.9 Å². The predicted molar refractivity (Wildman–Crippen MR) is 177 cm³/mol. The normalized spacial score (nSPS) is 14.9. The molecule has 40 heavy (non-hydrogen) atoms. The maximum atomic E-state index is 6.03. The minimum absolute atomic E-state index is 0.0149. The first kappa shape index (κ1) is 30.8. The van der Waals surface area contributed by atoms with Crippen molar-refractivity contribution in [2.24, 2.45) is 0 Å². The molecule has 3 aromatic rings. The van der Waals surface area contributed by atoms with E-state index < -0.39 is 0 Å². The SMILES string of the molecule is C=C(/C=C\C=C/OCn1c2c(c3cc4c(cc31)C(C)(C)c1ccccc1-4)CCC=C2)/C(C)=C/C=C\C.CC.CC. The van der Waals surface area contributed by atoms with Crippen LogP contribution in [0.4, 0.5) is 0 Å². The van der Waals surface area contributed by atoms with Gasteiger partial charge in [-0.1, -0.05) is 109 Å². The number of aryl methyl sites for hydroxylation is 1. The molecule has 2 heteroatoms. The molecule has 2 aromatic carbocycles. The Balaban J connectivity index is 0.00000106. The first-order valence-electron chi connectivity index (χ1n) is 14.8. The zero-order valence-corrected chi connectivity index (χ0v) is 25.8. The van der Waals surface area contributed by atoms with Gasteiger partial charge in [0.15, 0.2) is 6.73 Å². The number of fused-ring (bicyclic) bond motifs is 6. The summed E-state index contributed by atoms with van der Waals surface area (Å²) in [6.07, 6.45) is 20.5. The van der Waals surface area contributed by atoms with Gasteiger partial charge in [-0.2, -0.15) is 0 Å². The number of rotatable bonds is 7. The van der Waals surface area contributed by atoms with E-state index in [2.05, 4.69) is 86.5 Å². The zero-order chi connectivity index (χ0) is 29.3. The third-order valence-electron chi connectivity index (χ3n) is 7.58. The summed E-state index contributed by atoms with van der Waals surface area (Å²) in [6.45, 7) is 21.4. The van der Waals surface area contributed by atoms with Crippen molar-refractivity contribution in [2.75, 3.05) is 0 Å². The Hall–Kier alpha value is -3.78. The van der Waals surface area contributed by atoms with Crippen LogP contribution in [0.2, 0.25) is 0 Å². The molecule has 2 aliphatic rings. The van der Waals surface area contributed by atoms with Crippen LogP contribution in [0.5, 0.6) is 0 Å². The average molecular weight is 534 g/mol. The van der Waals surface area contributed by atoms with Crippen molar-refractivity contribution in [3.8, 4) is 11.1 Å². The average Bonchev–Trinajstić information content (AvgIpc) is 3.42. The van der Waals surface area contributed by atoms with Crippen LogP contribution in [0.25, 0.3) is 28.1 Å². The highest BCUT2D eigenvalue weighted by Crippen LogP contribution is 2.50. The van der Waals surface area contributed by atoms with Crippen LogP contribution >= 0.6 is 0 Å². The van der Waals surface area contributed by atoms with Crippen molar-refractivity contribution in [3.63, 3.8) is 0 Å². The monoisotopic (exact) mass is 533 g/mol. The molecule has 2 aliphatic carbocycles. The Bertz CT molecular complexity index is 1480. The molecule has 0 amide bonds. The van der Waals surface area contributed by atoms with E-state index in [9.17, 15) is 0 Å². The van der Waals surface area contributed by atoms with E-state index in [4.69, 9.17) is 4.74 Å². The molecule has 0 spiro atoms. The second-order valence-electron chi connectivity index (χ2n) is 10.2. The molecule has 0 atom stereocenters. The summed E-state index contributed by atoms with van der Waals surface area (Å²) in [5.74, 6) is 0. The van der Waals surface area contributed by atoms with Gasteiger partial charge in [-0.25, -0.2) is 0 Å².